The molecule has 1 heterocycles. The van der Waals surface area contributed by atoms with Crippen molar-refractivity contribution in [2.24, 2.45) is 0 Å². The van der Waals surface area contributed by atoms with Crippen LogP contribution in [0.2, 0.25) is 0 Å². The van der Waals surface area contributed by atoms with Gasteiger partial charge in [-0.3, -0.25) is 9.36 Å². The predicted octanol–water partition coefficient (Wildman–Crippen LogP) is 3.30. The summed E-state index contributed by atoms with van der Waals surface area (Å²) < 4.78 is 7.18. The Morgan fingerprint density at radius 2 is 1.96 bits per heavy atom. The maximum Gasteiger partial charge on any atom is 0.230 e. The smallest absolute Gasteiger partial charge is 0.230 e. The van der Waals surface area contributed by atoms with Gasteiger partial charge in [0.2, 0.25) is 5.91 Å². The molecule has 0 atom stereocenters. The van der Waals surface area contributed by atoms with Crippen LogP contribution in [-0.2, 0) is 11.3 Å². The average Bonchev–Trinajstić information content (AvgIpc) is 3.05. The molecule has 0 saturated heterocycles. The lowest BCUT2D eigenvalue weighted by atomic mass is 10.2. The summed E-state index contributed by atoms with van der Waals surface area (Å²) in [6, 6.07) is 15.7. The highest BCUT2D eigenvalue weighted by Crippen LogP contribution is 2.23. The standard InChI is InChI=1S/C20H22N4O2S/c1-14-7-4-5-10-18(14)24-15(2)22-23-20(24)27-13-19(25)21-12-16-8-6-9-17(11-16)26-3/h4-11H,12-13H2,1-3H3,(H,21,25). The van der Waals surface area contributed by atoms with E-state index in [4.69, 9.17) is 4.74 Å². The molecule has 0 saturated carbocycles. The Balaban J connectivity index is 1.62. The number of carbonyl (C=O) groups excluding carboxylic acids is 1. The van der Waals surface area contributed by atoms with Gasteiger partial charge in [0.05, 0.1) is 18.6 Å². The van der Waals surface area contributed by atoms with Crippen molar-refractivity contribution in [2.75, 3.05) is 12.9 Å². The van der Waals surface area contributed by atoms with Gasteiger partial charge < -0.3 is 10.1 Å². The second-order valence-corrected chi connectivity index (χ2v) is 7.01. The van der Waals surface area contributed by atoms with Crippen molar-refractivity contribution in [1.82, 2.24) is 20.1 Å². The van der Waals surface area contributed by atoms with Crippen LogP contribution in [0.3, 0.4) is 0 Å². The van der Waals surface area contributed by atoms with Crippen LogP contribution in [-0.4, -0.2) is 33.5 Å². The molecule has 0 bridgehead atoms. The number of hydrogen-bond acceptors (Lipinski definition) is 5. The van der Waals surface area contributed by atoms with E-state index < -0.39 is 0 Å². The molecule has 3 rings (SSSR count). The first-order valence-corrected chi connectivity index (χ1v) is 9.57. The van der Waals surface area contributed by atoms with Crippen LogP contribution < -0.4 is 10.1 Å². The van der Waals surface area contributed by atoms with Crippen LogP contribution in [0.1, 0.15) is 17.0 Å². The zero-order valence-electron chi connectivity index (χ0n) is 15.6. The Morgan fingerprint density at radius 3 is 2.74 bits per heavy atom. The number of rotatable bonds is 7. The van der Waals surface area contributed by atoms with Gasteiger partial charge in [-0.15, -0.1) is 10.2 Å². The molecule has 6 nitrogen and oxygen atoms in total. The van der Waals surface area contributed by atoms with Gasteiger partial charge in [-0.25, -0.2) is 0 Å². The van der Waals surface area contributed by atoms with Gasteiger partial charge >= 0.3 is 0 Å². The largest absolute Gasteiger partial charge is 0.497 e. The zero-order valence-corrected chi connectivity index (χ0v) is 16.4. The van der Waals surface area contributed by atoms with Crippen LogP contribution in [0, 0.1) is 13.8 Å². The molecule has 0 spiro atoms. The van der Waals surface area contributed by atoms with Crippen LogP contribution in [0.4, 0.5) is 0 Å². The Bertz CT molecular complexity index is 939. The van der Waals surface area contributed by atoms with Crippen LogP contribution in [0.15, 0.2) is 53.7 Å². The summed E-state index contributed by atoms with van der Waals surface area (Å²) >= 11 is 1.37. The number of amides is 1. The number of methoxy groups -OCH3 is 1. The fourth-order valence-corrected chi connectivity index (χ4v) is 3.51. The molecular formula is C20H22N4O2S. The molecule has 27 heavy (non-hydrogen) atoms. The normalized spacial score (nSPS) is 10.6. The first-order chi connectivity index (χ1) is 13.1. The van der Waals surface area contributed by atoms with Crippen molar-refractivity contribution in [3.63, 3.8) is 0 Å². The second kappa shape index (κ2) is 8.73. The molecule has 0 fully saturated rings. The van der Waals surface area contributed by atoms with Crippen molar-refractivity contribution >= 4 is 17.7 Å². The number of aryl methyl sites for hydroxylation is 2. The second-order valence-electron chi connectivity index (χ2n) is 6.07. The van der Waals surface area contributed by atoms with Crippen molar-refractivity contribution < 1.29 is 9.53 Å². The topological polar surface area (TPSA) is 69.0 Å². The molecule has 7 heteroatoms. The minimum absolute atomic E-state index is 0.0557. The third kappa shape index (κ3) is 4.68. The lowest BCUT2D eigenvalue weighted by Gasteiger charge is -2.11. The number of para-hydroxylation sites is 1. The van der Waals surface area contributed by atoms with Gasteiger partial charge in [-0.2, -0.15) is 0 Å². The third-order valence-electron chi connectivity index (χ3n) is 4.11. The van der Waals surface area contributed by atoms with Gasteiger partial charge in [-0.05, 0) is 43.2 Å². The van der Waals surface area contributed by atoms with Gasteiger partial charge in [0.25, 0.3) is 0 Å². The van der Waals surface area contributed by atoms with Crippen LogP contribution in [0.25, 0.3) is 5.69 Å². The summed E-state index contributed by atoms with van der Waals surface area (Å²) in [5.74, 6) is 1.79. The molecule has 140 valence electrons. The Morgan fingerprint density at radius 1 is 1.15 bits per heavy atom. The summed E-state index contributed by atoms with van der Waals surface area (Å²) in [4.78, 5) is 12.2. The third-order valence-corrected chi connectivity index (χ3v) is 5.04. The van der Waals surface area contributed by atoms with Gasteiger partial charge in [0.1, 0.15) is 11.6 Å². The Hall–Kier alpha value is -2.80. The van der Waals surface area contributed by atoms with Crippen molar-refractivity contribution in [3.05, 3.63) is 65.5 Å². The number of nitrogens with one attached hydrogen (secondary N) is 1. The number of benzene rings is 2. The minimum Gasteiger partial charge on any atom is -0.497 e. The van der Waals surface area contributed by atoms with Gasteiger partial charge in [0.15, 0.2) is 5.16 Å². The van der Waals surface area contributed by atoms with E-state index >= 15 is 0 Å². The summed E-state index contributed by atoms with van der Waals surface area (Å²) in [6.07, 6.45) is 0. The summed E-state index contributed by atoms with van der Waals surface area (Å²) in [5, 5.41) is 12.0. The average molecular weight is 382 g/mol. The Labute approximate surface area is 163 Å². The van der Waals surface area contributed by atoms with E-state index in [1.54, 1.807) is 7.11 Å². The van der Waals surface area contributed by atoms with Crippen LogP contribution in [0.5, 0.6) is 5.75 Å². The summed E-state index contributed by atoms with van der Waals surface area (Å²) in [5.41, 5.74) is 3.15. The van der Waals surface area contributed by atoms with Crippen molar-refractivity contribution in [2.45, 2.75) is 25.5 Å². The van der Waals surface area contributed by atoms with Gasteiger partial charge in [0, 0.05) is 6.54 Å². The molecule has 3 aromatic rings. The molecule has 1 amide bonds. The van der Waals surface area contributed by atoms with E-state index in [0.29, 0.717) is 11.7 Å². The van der Waals surface area contributed by atoms with Crippen LogP contribution >= 0.6 is 11.8 Å². The summed E-state index contributed by atoms with van der Waals surface area (Å²) in [6.45, 7) is 4.41. The molecular weight excluding hydrogens is 360 g/mol. The lowest BCUT2D eigenvalue weighted by Crippen LogP contribution is -2.24. The first kappa shape index (κ1) is 19.0. The fourth-order valence-electron chi connectivity index (χ4n) is 2.69. The van der Waals surface area contributed by atoms with E-state index in [9.17, 15) is 4.79 Å². The molecule has 0 aliphatic rings. The number of ether oxygens (including phenoxy) is 1. The minimum atomic E-state index is -0.0557. The number of carbonyl (C=O) groups is 1. The highest BCUT2D eigenvalue weighted by molar-refractivity contribution is 7.99. The maximum atomic E-state index is 12.2. The molecule has 1 N–H and O–H groups in total. The molecule has 2 aromatic carbocycles. The van der Waals surface area contributed by atoms with E-state index in [0.717, 1.165) is 28.4 Å². The molecule has 0 radical (unpaired) electrons. The van der Waals surface area contributed by atoms with E-state index in [-0.39, 0.29) is 11.7 Å². The fraction of sp³-hybridized carbons (Fsp3) is 0.250. The summed E-state index contributed by atoms with van der Waals surface area (Å²) in [7, 11) is 1.63. The zero-order chi connectivity index (χ0) is 19.2. The van der Waals surface area contributed by atoms with Crippen molar-refractivity contribution in [1.29, 1.82) is 0 Å². The first-order valence-electron chi connectivity index (χ1n) is 8.59. The number of hydrogen-bond donors (Lipinski definition) is 1. The quantitative estimate of drug-likeness (QED) is 0.635. The SMILES string of the molecule is COc1cccc(CNC(=O)CSc2nnc(C)n2-c2ccccc2C)c1. The number of aromatic nitrogens is 3. The number of thioether (sulfide) groups is 1. The number of nitrogens with zero attached hydrogens (tertiary/aromatic N) is 3. The highest BCUT2D eigenvalue weighted by atomic mass is 32.2. The monoisotopic (exact) mass is 382 g/mol. The van der Waals surface area contributed by atoms with E-state index in [2.05, 4.69) is 15.5 Å². The Kier molecular flexibility index (Phi) is 6.13. The molecule has 0 aliphatic carbocycles. The highest BCUT2D eigenvalue weighted by Gasteiger charge is 2.14. The lowest BCUT2D eigenvalue weighted by molar-refractivity contribution is -0.118. The van der Waals surface area contributed by atoms with Gasteiger partial charge in [-0.1, -0.05) is 42.1 Å². The maximum absolute atomic E-state index is 12.2. The van der Waals surface area contributed by atoms with E-state index in [1.165, 1.54) is 11.8 Å². The molecule has 0 aliphatic heterocycles. The van der Waals surface area contributed by atoms with E-state index in [1.807, 2.05) is 66.9 Å². The predicted molar refractivity (Wildman–Crippen MR) is 106 cm³/mol. The van der Waals surface area contributed by atoms with Crippen molar-refractivity contribution in [3.8, 4) is 11.4 Å². The molecule has 0 unspecified atom stereocenters. The molecule has 1 aromatic heterocycles.